The van der Waals surface area contributed by atoms with Crippen LogP contribution in [0.15, 0.2) is 24.3 Å². The van der Waals surface area contributed by atoms with E-state index >= 15 is 0 Å². The highest BCUT2D eigenvalue weighted by Crippen LogP contribution is 2.42. The molecule has 0 N–H and O–H groups in total. The number of hydrogen-bond donors (Lipinski definition) is 0. The Bertz CT molecular complexity index is 698. The molecule has 1 aromatic rings. The van der Waals surface area contributed by atoms with E-state index in [-0.39, 0.29) is 6.42 Å². The Balaban J connectivity index is 2.56. The fourth-order valence-electron chi connectivity index (χ4n) is 2.92. The second-order valence-electron chi connectivity index (χ2n) is 5.66. The second kappa shape index (κ2) is 5.82. The molecule has 0 aromatic heterocycles. The van der Waals surface area contributed by atoms with Gasteiger partial charge in [-0.15, -0.1) is 0 Å². The first kappa shape index (κ1) is 17.2. The van der Waals surface area contributed by atoms with E-state index in [0.717, 1.165) is 24.5 Å². The summed E-state index contributed by atoms with van der Waals surface area (Å²) in [4.78, 5) is 0. The van der Waals surface area contributed by atoms with Gasteiger partial charge in [0.25, 0.3) is 0 Å². The summed E-state index contributed by atoms with van der Waals surface area (Å²) in [6, 6.07) is 7.15. The molecule has 1 aromatic carbocycles. The third kappa shape index (κ3) is 3.28. The Morgan fingerprint density at radius 1 is 1.14 bits per heavy atom. The molecule has 0 spiro atoms. The minimum Gasteiger partial charge on any atom is -0.470 e. The van der Waals surface area contributed by atoms with Gasteiger partial charge in [0.15, 0.2) is 5.72 Å². The zero-order chi connectivity index (χ0) is 16.6. The van der Waals surface area contributed by atoms with Crippen molar-refractivity contribution in [1.29, 1.82) is 0 Å². The number of sulfonamides is 2. The zero-order valence-corrected chi connectivity index (χ0v) is 14.6. The molecule has 1 aliphatic heterocycles. The molecule has 1 aliphatic rings. The van der Waals surface area contributed by atoms with Gasteiger partial charge >= 0.3 is 0 Å². The van der Waals surface area contributed by atoms with Crippen LogP contribution in [0.4, 0.5) is 0 Å². The molecule has 1 heterocycles. The maximum absolute atomic E-state index is 12.2. The third-order valence-electron chi connectivity index (χ3n) is 3.60. The Hall–Kier alpha value is -1.12. The highest BCUT2D eigenvalue weighted by Gasteiger charge is 2.52. The van der Waals surface area contributed by atoms with Gasteiger partial charge in [-0.1, -0.05) is 35.3 Å². The van der Waals surface area contributed by atoms with Crippen LogP contribution in [-0.2, 0) is 26.5 Å². The van der Waals surface area contributed by atoms with Crippen LogP contribution in [0.25, 0.3) is 0 Å². The highest BCUT2D eigenvalue weighted by atomic mass is 32.3. The lowest BCUT2D eigenvalue weighted by atomic mass is 10.0. The molecule has 0 saturated heterocycles. The summed E-state index contributed by atoms with van der Waals surface area (Å²) < 4.78 is 55.0. The van der Waals surface area contributed by atoms with Gasteiger partial charge in [-0.05, 0) is 18.1 Å². The summed E-state index contributed by atoms with van der Waals surface area (Å²) in [5.41, 5.74) is -0.586. The second-order valence-corrected chi connectivity index (χ2v) is 9.55. The van der Waals surface area contributed by atoms with Crippen molar-refractivity contribution in [3.63, 3.8) is 0 Å². The Kier molecular flexibility index (Phi) is 4.56. The van der Waals surface area contributed by atoms with Crippen molar-refractivity contribution < 1.29 is 21.6 Å². The van der Waals surface area contributed by atoms with Crippen LogP contribution in [-0.4, -0.2) is 38.8 Å². The predicted octanol–water partition coefficient (Wildman–Crippen LogP) is 1.73. The summed E-state index contributed by atoms with van der Waals surface area (Å²) in [7, 11) is -7.98. The minimum absolute atomic E-state index is 0.226. The fourth-order valence-corrected chi connectivity index (χ4v) is 6.49. The van der Waals surface area contributed by atoms with E-state index in [1.165, 1.54) is 0 Å². The van der Waals surface area contributed by atoms with Crippen LogP contribution < -0.4 is 4.74 Å². The molecule has 0 bridgehead atoms. The number of unbranched alkanes of at least 4 members (excludes halogenated alkanes) is 1. The molecular weight excluding hydrogens is 326 g/mol. The van der Waals surface area contributed by atoms with Gasteiger partial charge in [-0.25, -0.2) is 16.8 Å². The van der Waals surface area contributed by atoms with Crippen molar-refractivity contribution in [2.75, 3.05) is 12.5 Å². The lowest BCUT2D eigenvalue weighted by molar-refractivity contribution is 0.0164. The molecule has 124 valence electrons. The van der Waals surface area contributed by atoms with E-state index < -0.39 is 25.8 Å². The average Bonchev–Trinajstić information content (AvgIpc) is 2.71. The maximum Gasteiger partial charge on any atom is 0.227 e. The number of nitrogens with zero attached hydrogens (tertiary/aromatic N) is 1. The molecule has 0 fully saturated rings. The van der Waals surface area contributed by atoms with Crippen LogP contribution in [0, 0.1) is 0 Å². The first-order valence-electron chi connectivity index (χ1n) is 7.08. The van der Waals surface area contributed by atoms with E-state index in [1.807, 2.05) is 19.1 Å². The van der Waals surface area contributed by atoms with Gasteiger partial charge in [-0.2, -0.15) is 0 Å². The topological polar surface area (TPSA) is 80.8 Å². The largest absolute Gasteiger partial charge is 0.470 e. The van der Waals surface area contributed by atoms with Crippen molar-refractivity contribution in [3.05, 3.63) is 29.8 Å². The van der Waals surface area contributed by atoms with Gasteiger partial charge in [0.1, 0.15) is 5.75 Å². The summed E-state index contributed by atoms with van der Waals surface area (Å²) in [6.07, 6.45) is 3.81. The van der Waals surface area contributed by atoms with Gasteiger partial charge in [0.2, 0.25) is 20.0 Å². The Morgan fingerprint density at radius 3 is 2.23 bits per heavy atom. The van der Waals surface area contributed by atoms with E-state index in [1.54, 1.807) is 12.1 Å². The number of benzene rings is 1. The number of para-hydroxylation sites is 1. The normalized spacial score (nSPS) is 21.6. The van der Waals surface area contributed by atoms with Gasteiger partial charge in [0.05, 0.1) is 12.5 Å². The minimum atomic E-state index is -3.99. The summed E-state index contributed by atoms with van der Waals surface area (Å²) in [5.74, 6) is 0.538. The smallest absolute Gasteiger partial charge is 0.227 e. The Labute approximate surface area is 132 Å². The molecule has 22 heavy (non-hydrogen) atoms. The summed E-state index contributed by atoms with van der Waals surface area (Å²) in [5, 5.41) is 0. The van der Waals surface area contributed by atoms with Crippen molar-refractivity contribution in [3.8, 4) is 5.75 Å². The number of rotatable bonds is 6. The average molecular weight is 347 g/mol. The molecule has 0 saturated carbocycles. The van der Waals surface area contributed by atoms with Crippen molar-refractivity contribution in [2.45, 2.75) is 38.3 Å². The van der Waals surface area contributed by atoms with Crippen LogP contribution in [0.5, 0.6) is 5.75 Å². The van der Waals surface area contributed by atoms with Gasteiger partial charge in [-0.3, -0.25) is 0 Å². The maximum atomic E-state index is 12.2. The fraction of sp³-hybridized carbons (Fsp3) is 0.571. The quantitative estimate of drug-likeness (QED) is 0.783. The number of fused-ring (bicyclic) bond motifs is 1. The van der Waals surface area contributed by atoms with Crippen molar-refractivity contribution in [1.82, 2.24) is 3.71 Å². The number of hydrogen-bond acceptors (Lipinski definition) is 5. The molecule has 2 rings (SSSR count). The molecule has 1 atom stereocenters. The molecule has 1 unspecified atom stereocenters. The lowest BCUT2D eigenvalue weighted by Gasteiger charge is -2.36. The zero-order valence-electron chi connectivity index (χ0n) is 12.9. The van der Waals surface area contributed by atoms with E-state index in [2.05, 4.69) is 0 Å². The van der Waals surface area contributed by atoms with E-state index in [0.29, 0.717) is 22.3 Å². The first-order chi connectivity index (χ1) is 10.1. The molecule has 0 radical (unpaired) electrons. The van der Waals surface area contributed by atoms with Crippen LogP contribution >= 0.6 is 0 Å². The van der Waals surface area contributed by atoms with Crippen molar-refractivity contribution >= 4 is 20.0 Å². The molecular formula is C14H21NO5S2. The van der Waals surface area contributed by atoms with Crippen LogP contribution in [0.2, 0.25) is 0 Å². The van der Waals surface area contributed by atoms with E-state index in [4.69, 9.17) is 4.74 Å². The molecule has 8 heteroatoms. The number of ether oxygens (including phenoxy) is 1. The highest BCUT2D eigenvalue weighted by molar-refractivity contribution is 8.03. The SMILES string of the molecule is CCCCC1(N(S(C)(=O)=O)S(C)(=O)=O)Cc2ccccc2O1. The third-order valence-corrected chi connectivity index (χ3v) is 7.09. The first-order valence-corrected chi connectivity index (χ1v) is 10.8. The Morgan fingerprint density at radius 2 is 1.73 bits per heavy atom. The molecule has 0 amide bonds. The summed E-state index contributed by atoms with van der Waals surface area (Å²) >= 11 is 0. The van der Waals surface area contributed by atoms with E-state index in [9.17, 15) is 16.8 Å². The standard InChI is InChI=1S/C14H21NO5S2/c1-4-5-10-14(15(21(2,16)17)22(3,18)19)11-12-8-6-7-9-13(12)20-14/h6-9H,4-5,10-11H2,1-3H3. The molecule has 0 aliphatic carbocycles. The van der Waals surface area contributed by atoms with Gasteiger partial charge < -0.3 is 4.74 Å². The predicted molar refractivity (Wildman–Crippen MR) is 84.6 cm³/mol. The van der Waals surface area contributed by atoms with Crippen molar-refractivity contribution in [2.24, 2.45) is 0 Å². The van der Waals surface area contributed by atoms with Crippen LogP contribution in [0.1, 0.15) is 31.7 Å². The summed E-state index contributed by atoms with van der Waals surface area (Å²) in [6.45, 7) is 1.96. The van der Waals surface area contributed by atoms with Crippen LogP contribution in [0.3, 0.4) is 0 Å². The molecule has 6 nitrogen and oxygen atoms in total. The lowest BCUT2D eigenvalue weighted by Crippen LogP contribution is -2.57. The monoisotopic (exact) mass is 347 g/mol. The van der Waals surface area contributed by atoms with Gasteiger partial charge in [0, 0.05) is 12.8 Å².